The largest absolute Gasteiger partial charge is 0.493 e. The van der Waals surface area contributed by atoms with Gasteiger partial charge in [0, 0.05) is 5.39 Å². The molecule has 20 heavy (non-hydrogen) atoms. The van der Waals surface area contributed by atoms with E-state index in [-0.39, 0.29) is 5.75 Å². The van der Waals surface area contributed by atoms with Gasteiger partial charge in [-0.1, -0.05) is 12.1 Å². The maximum absolute atomic E-state index is 10.8. The smallest absolute Gasteiger partial charge is 0.209 e. The first-order valence-corrected chi connectivity index (χ1v) is 7.98. The third-order valence-corrected chi connectivity index (χ3v) is 3.72. The van der Waals surface area contributed by atoms with E-state index in [0.29, 0.717) is 25.3 Å². The highest BCUT2D eigenvalue weighted by Gasteiger charge is 2.08. The molecule has 0 radical (unpaired) electrons. The first-order valence-electron chi connectivity index (χ1n) is 6.26. The summed E-state index contributed by atoms with van der Waals surface area (Å²) in [6.45, 7) is 1.09. The van der Waals surface area contributed by atoms with Crippen molar-refractivity contribution in [2.75, 3.05) is 19.4 Å². The van der Waals surface area contributed by atoms with Gasteiger partial charge in [0.2, 0.25) is 10.0 Å². The molecule has 6 nitrogen and oxygen atoms in total. The van der Waals surface area contributed by atoms with Crippen LogP contribution in [0.2, 0.25) is 0 Å². The van der Waals surface area contributed by atoms with Crippen LogP contribution >= 0.6 is 0 Å². The van der Waals surface area contributed by atoms with Gasteiger partial charge >= 0.3 is 0 Å². The average molecular weight is 298 g/mol. The van der Waals surface area contributed by atoms with Crippen molar-refractivity contribution in [2.24, 2.45) is 5.14 Å². The Morgan fingerprint density at radius 3 is 2.90 bits per heavy atom. The molecule has 0 amide bonds. The third-order valence-electron chi connectivity index (χ3n) is 2.86. The summed E-state index contributed by atoms with van der Waals surface area (Å²) in [5.74, 6) is 1.46. The van der Waals surface area contributed by atoms with E-state index in [9.17, 15) is 8.42 Å². The molecule has 2 aromatic rings. The Hall–Kier alpha value is -1.57. The fourth-order valence-corrected chi connectivity index (χ4v) is 2.49. The van der Waals surface area contributed by atoms with Crippen LogP contribution in [0.15, 0.2) is 28.7 Å². The van der Waals surface area contributed by atoms with Crippen LogP contribution in [0.5, 0.6) is 5.75 Å². The lowest BCUT2D eigenvalue weighted by atomic mass is 10.2. The van der Waals surface area contributed by atoms with E-state index < -0.39 is 10.0 Å². The molecule has 0 spiro atoms. The second-order valence-electron chi connectivity index (χ2n) is 4.49. The number of primary sulfonamides is 1. The van der Waals surface area contributed by atoms with Crippen LogP contribution in [-0.4, -0.2) is 27.8 Å². The number of ether oxygens (including phenoxy) is 1. The molecule has 0 bridgehead atoms. The Morgan fingerprint density at radius 2 is 2.20 bits per heavy atom. The Morgan fingerprint density at radius 1 is 1.40 bits per heavy atom. The van der Waals surface area contributed by atoms with Crippen molar-refractivity contribution in [2.45, 2.75) is 13.0 Å². The zero-order valence-corrected chi connectivity index (χ0v) is 12.1. The third kappa shape index (κ3) is 3.96. The van der Waals surface area contributed by atoms with Crippen LogP contribution in [0.4, 0.5) is 0 Å². The Balaban J connectivity index is 1.91. The monoisotopic (exact) mass is 298 g/mol. The minimum atomic E-state index is -3.38. The molecule has 0 atom stereocenters. The van der Waals surface area contributed by atoms with Gasteiger partial charge in [-0.15, -0.1) is 0 Å². The summed E-state index contributed by atoms with van der Waals surface area (Å²) < 4.78 is 32.5. The first kappa shape index (κ1) is 14.8. The lowest BCUT2D eigenvalue weighted by Gasteiger charge is -2.01. The van der Waals surface area contributed by atoms with Gasteiger partial charge in [-0.3, -0.25) is 0 Å². The molecule has 3 N–H and O–H groups in total. The second-order valence-corrected chi connectivity index (χ2v) is 6.22. The zero-order chi connectivity index (χ0) is 14.6. The molecule has 0 saturated heterocycles. The number of rotatable bonds is 7. The maximum atomic E-state index is 10.8. The molecule has 1 aromatic heterocycles. The van der Waals surface area contributed by atoms with E-state index in [1.54, 1.807) is 7.11 Å². The predicted octanol–water partition coefficient (Wildman–Crippen LogP) is 1.21. The van der Waals surface area contributed by atoms with Crippen molar-refractivity contribution < 1.29 is 17.6 Å². The number of hydrogen-bond acceptors (Lipinski definition) is 5. The number of benzene rings is 1. The van der Waals surface area contributed by atoms with Gasteiger partial charge in [0.15, 0.2) is 11.3 Å². The summed E-state index contributed by atoms with van der Waals surface area (Å²) >= 11 is 0. The maximum Gasteiger partial charge on any atom is 0.209 e. The van der Waals surface area contributed by atoms with Crippen LogP contribution in [-0.2, 0) is 16.6 Å². The average Bonchev–Trinajstić information content (AvgIpc) is 2.79. The van der Waals surface area contributed by atoms with E-state index in [4.69, 9.17) is 14.3 Å². The number of fused-ring (bicyclic) bond motifs is 1. The highest BCUT2D eigenvalue weighted by atomic mass is 32.2. The summed E-state index contributed by atoms with van der Waals surface area (Å²) in [7, 11) is -1.78. The summed E-state index contributed by atoms with van der Waals surface area (Å²) in [6, 6.07) is 7.63. The molecule has 0 unspecified atom stereocenters. The lowest BCUT2D eigenvalue weighted by molar-refractivity contribution is 0.406. The van der Waals surface area contributed by atoms with Crippen molar-refractivity contribution in [3.05, 3.63) is 30.0 Å². The number of para-hydroxylation sites is 1. The SMILES string of the molecule is COc1cccc2cc(CNCCCS(N)(=O)=O)oc12. The summed E-state index contributed by atoms with van der Waals surface area (Å²) in [5, 5.41) is 9.02. The number of nitrogens with one attached hydrogen (secondary N) is 1. The second kappa shape index (κ2) is 6.25. The van der Waals surface area contributed by atoms with Gasteiger partial charge in [0.05, 0.1) is 19.4 Å². The number of hydrogen-bond donors (Lipinski definition) is 2. The molecule has 0 fully saturated rings. The minimum absolute atomic E-state index is 0.0199. The quantitative estimate of drug-likeness (QED) is 0.749. The van der Waals surface area contributed by atoms with Crippen LogP contribution in [0.1, 0.15) is 12.2 Å². The van der Waals surface area contributed by atoms with E-state index in [2.05, 4.69) is 5.32 Å². The van der Waals surface area contributed by atoms with Crippen LogP contribution in [0, 0.1) is 0 Å². The number of nitrogens with two attached hydrogens (primary N) is 1. The first-order chi connectivity index (χ1) is 9.49. The van der Waals surface area contributed by atoms with Gasteiger partial charge in [0.25, 0.3) is 0 Å². The van der Waals surface area contributed by atoms with Gasteiger partial charge in [0.1, 0.15) is 5.76 Å². The van der Waals surface area contributed by atoms with Crippen molar-refractivity contribution >= 4 is 21.0 Å². The van der Waals surface area contributed by atoms with Crippen LogP contribution in [0.25, 0.3) is 11.0 Å². The van der Waals surface area contributed by atoms with E-state index >= 15 is 0 Å². The lowest BCUT2D eigenvalue weighted by Crippen LogP contribution is -2.21. The van der Waals surface area contributed by atoms with E-state index in [1.807, 2.05) is 24.3 Å². The molecule has 0 aliphatic heterocycles. The molecule has 0 saturated carbocycles. The van der Waals surface area contributed by atoms with E-state index in [1.165, 1.54) is 0 Å². The highest BCUT2D eigenvalue weighted by Crippen LogP contribution is 2.28. The van der Waals surface area contributed by atoms with Crippen LogP contribution < -0.4 is 15.2 Å². The molecule has 0 aliphatic carbocycles. The van der Waals surface area contributed by atoms with Gasteiger partial charge in [-0.2, -0.15) is 0 Å². The van der Waals surface area contributed by atoms with Gasteiger partial charge in [-0.25, -0.2) is 13.6 Å². The van der Waals surface area contributed by atoms with Crippen LogP contribution in [0.3, 0.4) is 0 Å². The standard InChI is InChI=1S/C13H18N2O4S/c1-18-12-5-2-4-10-8-11(19-13(10)12)9-15-6-3-7-20(14,16)17/h2,4-5,8,15H,3,6-7,9H2,1H3,(H2,14,16,17). The zero-order valence-electron chi connectivity index (χ0n) is 11.3. The normalized spacial score (nSPS) is 11.9. The minimum Gasteiger partial charge on any atom is -0.493 e. The van der Waals surface area contributed by atoms with Crippen molar-refractivity contribution in [3.63, 3.8) is 0 Å². The molecule has 7 heteroatoms. The topological polar surface area (TPSA) is 94.6 Å². The fraction of sp³-hybridized carbons (Fsp3) is 0.385. The van der Waals surface area contributed by atoms with Crippen molar-refractivity contribution in [1.29, 1.82) is 0 Å². The fourth-order valence-electron chi connectivity index (χ4n) is 1.95. The molecular formula is C13H18N2O4S. The summed E-state index contributed by atoms with van der Waals surface area (Å²) in [4.78, 5) is 0. The number of sulfonamides is 1. The van der Waals surface area contributed by atoms with Crippen molar-refractivity contribution in [1.82, 2.24) is 5.32 Å². The van der Waals surface area contributed by atoms with E-state index in [0.717, 1.165) is 16.7 Å². The summed E-state index contributed by atoms with van der Waals surface area (Å²) in [5.41, 5.74) is 0.719. The van der Waals surface area contributed by atoms with Crippen molar-refractivity contribution in [3.8, 4) is 5.75 Å². The highest BCUT2D eigenvalue weighted by molar-refractivity contribution is 7.89. The van der Waals surface area contributed by atoms with Gasteiger partial charge < -0.3 is 14.5 Å². The molecule has 0 aliphatic rings. The number of methoxy groups -OCH3 is 1. The molecule has 1 aromatic carbocycles. The molecule has 2 rings (SSSR count). The molecular weight excluding hydrogens is 280 g/mol. The predicted molar refractivity (Wildman–Crippen MR) is 77.1 cm³/mol. The Labute approximate surface area is 117 Å². The molecule has 110 valence electrons. The Bertz CT molecular complexity index is 679. The number of furan rings is 1. The molecule has 1 heterocycles. The Kier molecular flexibility index (Phi) is 4.64. The van der Waals surface area contributed by atoms with Gasteiger partial charge in [-0.05, 0) is 25.1 Å². The summed E-state index contributed by atoms with van der Waals surface area (Å²) in [6.07, 6.45) is 0.475.